The molecule has 1 N–H and O–H groups in total. The summed E-state index contributed by atoms with van der Waals surface area (Å²) in [4.78, 5) is 14.4. The molecule has 3 heterocycles. The van der Waals surface area contributed by atoms with Crippen molar-refractivity contribution in [3.05, 3.63) is 70.2 Å². The van der Waals surface area contributed by atoms with Crippen LogP contribution in [-0.2, 0) is 0 Å². The molecule has 0 bridgehead atoms. The lowest BCUT2D eigenvalue weighted by molar-refractivity contribution is 0.263. The Morgan fingerprint density at radius 1 is 0.938 bits per heavy atom. The first-order valence-corrected chi connectivity index (χ1v) is 11.7. The first kappa shape index (κ1) is 21.3. The predicted octanol–water partition coefficient (Wildman–Crippen LogP) is 6.12. The third kappa shape index (κ3) is 4.20. The Morgan fingerprint density at radius 3 is 2.41 bits per heavy atom. The molecule has 0 unspecified atom stereocenters. The fourth-order valence-corrected chi connectivity index (χ4v) is 4.78. The van der Waals surface area contributed by atoms with Gasteiger partial charge in [-0.2, -0.15) is 4.98 Å². The summed E-state index contributed by atoms with van der Waals surface area (Å²) in [6.07, 6.45) is 6.32. The molecule has 0 spiro atoms. The molecule has 164 valence electrons. The summed E-state index contributed by atoms with van der Waals surface area (Å²) in [6.45, 7) is 2.81. The summed E-state index contributed by atoms with van der Waals surface area (Å²) >= 11 is 13.2. The lowest BCUT2D eigenvalue weighted by Gasteiger charge is -2.31. The molecule has 0 saturated carbocycles. The second-order valence-corrected chi connectivity index (χ2v) is 9.11. The van der Waals surface area contributed by atoms with Crippen LogP contribution in [0.3, 0.4) is 0 Å². The Kier molecular flexibility index (Phi) is 6.05. The maximum atomic E-state index is 6.60. The summed E-state index contributed by atoms with van der Waals surface area (Å²) < 4.78 is 0. The Hall–Kier alpha value is -2.60. The van der Waals surface area contributed by atoms with Gasteiger partial charge >= 0.3 is 0 Å². The van der Waals surface area contributed by atoms with Gasteiger partial charge in [0.05, 0.1) is 16.4 Å². The number of para-hydroxylation sites is 1. The molecule has 3 aromatic rings. The van der Waals surface area contributed by atoms with Crippen LogP contribution < -0.4 is 10.2 Å². The number of nitrogens with one attached hydrogen (secondary N) is 1. The van der Waals surface area contributed by atoms with Gasteiger partial charge in [-0.1, -0.05) is 65.7 Å². The van der Waals surface area contributed by atoms with Gasteiger partial charge in [0.2, 0.25) is 5.95 Å². The number of benzene rings is 2. The molecule has 0 radical (unpaired) electrons. The van der Waals surface area contributed by atoms with E-state index in [0.717, 1.165) is 54.3 Å². The molecule has 5 rings (SSSR count). The molecule has 0 amide bonds. The molecular weight excluding hydrogens is 441 g/mol. The number of hydrogen-bond donors (Lipinski definition) is 1. The van der Waals surface area contributed by atoms with Crippen molar-refractivity contribution in [2.45, 2.75) is 18.9 Å². The Labute approximate surface area is 198 Å². The molecule has 5 nitrogen and oxygen atoms in total. The van der Waals surface area contributed by atoms with Crippen LogP contribution in [0, 0.1) is 0 Å². The lowest BCUT2D eigenvalue weighted by Crippen LogP contribution is -2.37. The molecule has 2 aliphatic heterocycles. The number of anilines is 3. The van der Waals surface area contributed by atoms with Gasteiger partial charge in [0.25, 0.3) is 0 Å². The van der Waals surface area contributed by atoms with Crippen LogP contribution in [0.15, 0.2) is 54.6 Å². The standard InChI is InChI=1S/C25H25Cl2N5/c1-31-15-12-17(13-16-31)28-25-29-23(18-7-2-3-9-20(18)26)19-8-6-14-32(24(19)30-25)22-11-5-4-10-21(22)27/h2-11,17H,12-16H2,1H3,(H,28,29,30). The maximum absolute atomic E-state index is 6.60. The average molecular weight is 466 g/mol. The highest BCUT2D eigenvalue weighted by molar-refractivity contribution is 6.34. The molecule has 0 atom stereocenters. The lowest BCUT2D eigenvalue weighted by atomic mass is 10.0. The van der Waals surface area contributed by atoms with Crippen LogP contribution in [-0.4, -0.2) is 47.6 Å². The zero-order valence-electron chi connectivity index (χ0n) is 17.9. The number of halogens is 2. The fourth-order valence-electron chi connectivity index (χ4n) is 4.32. The van der Waals surface area contributed by atoms with E-state index in [9.17, 15) is 0 Å². The summed E-state index contributed by atoms with van der Waals surface area (Å²) in [5, 5.41) is 4.95. The van der Waals surface area contributed by atoms with Crippen LogP contribution in [0.25, 0.3) is 17.3 Å². The van der Waals surface area contributed by atoms with Crippen LogP contribution in [0.4, 0.5) is 17.5 Å². The largest absolute Gasteiger partial charge is 0.351 e. The normalized spacial score (nSPS) is 16.8. The first-order chi connectivity index (χ1) is 15.6. The second-order valence-electron chi connectivity index (χ2n) is 8.30. The van der Waals surface area contributed by atoms with Gasteiger partial charge in [-0.15, -0.1) is 0 Å². The fraction of sp³-hybridized carbons (Fsp3) is 0.280. The second kappa shape index (κ2) is 9.10. The molecule has 1 saturated heterocycles. The first-order valence-electron chi connectivity index (χ1n) is 10.9. The summed E-state index contributed by atoms with van der Waals surface area (Å²) in [7, 11) is 2.16. The van der Waals surface area contributed by atoms with Crippen molar-refractivity contribution in [2.24, 2.45) is 0 Å². The van der Waals surface area contributed by atoms with Crippen molar-refractivity contribution < 1.29 is 0 Å². The summed E-state index contributed by atoms with van der Waals surface area (Å²) in [5.41, 5.74) is 3.58. The van der Waals surface area contributed by atoms with Gasteiger partial charge in [0.1, 0.15) is 5.82 Å². The Balaban J connectivity index is 1.63. The van der Waals surface area contributed by atoms with E-state index in [0.29, 0.717) is 28.6 Å². The molecule has 2 aliphatic rings. The molecule has 32 heavy (non-hydrogen) atoms. The number of rotatable bonds is 4. The quantitative estimate of drug-likeness (QED) is 0.502. The van der Waals surface area contributed by atoms with E-state index in [1.54, 1.807) is 0 Å². The van der Waals surface area contributed by atoms with Crippen LogP contribution in [0.2, 0.25) is 10.0 Å². The zero-order chi connectivity index (χ0) is 22.1. The van der Waals surface area contributed by atoms with Crippen molar-refractivity contribution >= 4 is 46.7 Å². The summed E-state index contributed by atoms with van der Waals surface area (Å²) in [5.74, 6) is 1.46. The van der Waals surface area contributed by atoms with Crippen molar-refractivity contribution in [1.82, 2.24) is 14.9 Å². The number of fused-ring (bicyclic) bond motifs is 1. The van der Waals surface area contributed by atoms with E-state index >= 15 is 0 Å². The minimum atomic E-state index is 0.344. The molecule has 0 aliphatic carbocycles. The molecule has 1 aromatic heterocycles. The molecule has 1 fully saturated rings. The number of hydrogen-bond acceptors (Lipinski definition) is 5. The highest BCUT2D eigenvalue weighted by Crippen LogP contribution is 2.40. The molecule has 2 aromatic carbocycles. The van der Waals surface area contributed by atoms with Gasteiger partial charge < -0.3 is 15.1 Å². The monoisotopic (exact) mass is 465 g/mol. The van der Waals surface area contributed by atoms with Crippen LogP contribution >= 0.6 is 23.2 Å². The molecular formula is C25H25Cl2N5. The van der Waals surface area contributed by atoms with Crippen molar-refractivity contribution in [2.75, 3.05) is 36.9 Å². The van der Waals surface area contributed by atoms with Crippen molar-refractivity contribution in [1.29, 1.82) is 0 Å². The number of likely N-dealkylation sites (tertiary alicyclic amines) is 1. The van der Waals surface area contributed by atoms with E-state index in [1.165, 1.54) is 0 Å². The predicted molar refractivity (Wildman–Crippen MR) is 134 cm³/mol. The highest BCUT2D eigenvalue weighted by atomic mass is 35.5. The van der Waals surface area contributed by atoms with Crippen molar-refractivity contribution in [3.63, 3.8) is 0 Å². The molecule has 7 heteroatoms. The van der Waals surface area contributed by atoms with E-state index in [4.69, 9.17) is 33.2 Å². The van der Waals surface area contributed by atoms with Crippen LogP contribution in [0.1, 0.15) is 18.4 Å². The summed E-state index contributed by atoms with van der Waals surface area (Å²) in [6, 6.07) is 16.0. The van der Waals surface area contributed by atoms with Gasteiger partial charge in [-0.05, 0) is 51.2 Å². The van der Waals surface area contributed by atoms with Gasteiger partial charge in [0, 0.05) is 28.7 Å². The third-order valence-electron chi connectivity index (χ3n) is 6.08. The van der Waals surface area contributed by atoms with Gasteiger partial charge in [-0.25, -0.2) is 4.98 Å². The number of nitrogens with zero attached hydrogens (tertiary/aromatic N) is 4. The van der Waals surface area contributed by atoms with E-state index < -0.39 is 0 Å². The number of piperidine rings is 1. The highest BCUT2D eigenvalue weighted by Gasteiger charge is 2.26. The SMILES string of the molecule is CN1CCC(Nc2nc(-c3ccccc3Cl)c3c(n2)N(c2ccccc2Cl)CC=C3)CC1. The van der Waals surface area contributed by atoms with Crippen LogP contribution in [0.5, 0.6) is 0 Å². The minimum absolute atomic E-state index is 0.344. The number of aromatic nitrogens is 2. The van der Waals surface area contributed by atoms with Gasteiger partial charge in [0.15, 0.2) is 0 Å². The third-order valence-corrected chi connectivity index (χ3v) is 6.73. The average Bonchev–Trinajstić information content (AvgIpc) is 2.81. The van der Waals surface area contributed by atoms with Gasteiger partial charge in [-0.3, -0.25) is 0 Å². The Morgan fingerprint density at radius 2 is 1.66 bits per heavy atom. The topological polar surface area (TPSA) is 44.3 Å². The van der Waals surface area contributed by atoms with E-state index in [2.05, 4.69) is 34.3 Å². The van der Waals surface area contributed by atoms with E-state index in [-0.39, 0.29) is 0 Å². The maximum Gasteiger partial charge on any atom is 0.225 e. The Bertz CT molecular complexity index is 1150. The smallest absolute Gasteiger partial charge is 0.225 e. The van der Waals surface area contributed by atoms with E-state index in [1.807, 2.05) is 48.5 Å². The van der Waals surface area contributed by atoms with Crippen molar-refractivity contribution in [3.8, 4) is 11.3 Å². The minimum Gasteiger partial charge on any atom is -0.351 e. The zero-order valence-corrected chi connectivity index (χ0v) is 19.4.